The predicted molar refractivity (Wildman–Crippen MR) is 201 cm³/mol. The maximum Gasteiger partial charge on any atom is 0.415 e. The third-order valence-corrected chi connectivity index (χ3v) is 10.2. The maximum absolute atomic E-state index is 13.8. The third kappa shape index (κ3) is 10.3. The lowest BCUT2D eigenvalue weighted by Gasteiger charge is -2.44. The molecule has 0 aliphatic carbocycles. The number of nitrogens with zero attached hydrogens (tertiary/aromatic N) is 2. The number of rotatable bonds is 14. The van der Waals surface area contributed by atoms with E-state index in [1.165, 1.54) is 18.2 Å². The zero-order chi connectivity index (χ0) is 38.4. The normalized spacial score (nSPS) is 17.9. The highest BCUT2D eigenvalue weighted by molar-refractivity contribution is 6.35. The van der Waals surface area contributed by atoms with E-state index < -0.39 is 24.8 Å². The van der Waals surface area contributed by atoms with Gasteiger partial charge in [0.15, 0.2) is 23.9 Å². The van der Waals surface area contributed by atoms with Crippen LogP contribution >= 0.6 is 23.2 Å². The molecule has 2 bridgehead atoms. The number of hydrogen-bond donors (Lipinski definition) is 0. The number of amides is 1. The van der Waals surface area contributed by atoms with Crippen LogP contribution in [0.25, 0.3) is 0 Å². The number of fused-ring (bicyclic) bond motifs is 3. The highest BCUT2D eigenvalue weighted by atomic mass is 35.5. The second kappa shape index (κ2) is 18.8. The van der Waals surface area contributed by atoms with Crippen molar-refractivity contribution in [2.75, 3.05) is 31.6 Å². The molecule has 7 rings (SSSR count). The van der Waals surface area contributed by atoms with Crippen LogP contribution in [0.3, 0.4) is 0 Å². The second-order valence-corrected chi connectivity index (χ2v) is 14.3. The molecule has 1 aromatic heterocycles. The number of halogens is 4. The van der Waals surface area contributed by atoms with Gasteiger partial charge in [-0.05, 0) is 93.2 Å². The summed E-state index contributed by atoms with van der Waals surface area (Å²) in [6, 6.07) is 18.3. The molecule has 3 aliphatic rings. The van der Waals surface area contributed by atoms with Crippen molar-refractivity contribution in [1.29, 1.82) is 0 Å². The second-order valence-electron chi connectivity index (χ2n) is 13.5. The average molecular weight is 803 g/mol. The van der Waals surface area contributed by atoms with Crippen LogP contribution in [0, 0.1) is 5.92 Å². The number of nitrogens with one attached hydrogen (secondary N) is 1. The van der Waals surface area contributed by atoms with Crippen molar-refractivity contribution in [3.63, 3.8) is 0 Å². The number of hydrogen-bond acceptors (Lipinski definition) is 9. The van der Waals surface area contributed by atoms with Gasteiger partial charge in [0.25, 0.3) is 0 Å². The molecule has 3 aromatic carbocycles. The number of pyridine rings is 1. The zero-order valence-electron chi connectivity index (χ0n) is 30.6. The van der Waals surface area contributed by atoms with Crippen LogP contribution < -0.4 is 24.1 Å². The summed E-state index contributed by atoms with van der Waals surface area (Å²) in [4.78, 5) is 34.3. The number of ether oxygens (including phenoxy) is 5. The van der Waals surface area contributed by atoms with Crippen molar-refractivity contribution in [3.05, 3.63) is 111 Å². The minimum atomic E-state index is -3.07. The van der Waals surface area contributed by atoms with Gasteiger partial charge in [-0.25, -0.2) is 14.6 Å². The first kappa shape index (κ1) is 41.5. The Balaban J connectivity index is 0.00000580. The van der Waals surface area contributed by atoms with Gasteiger partial charge in [0, 0.05) is 18.5 Å². The van der Waals surface area contributed by atoms with Gasteiger partial charge < -0.3 is 29.2 Å². The Morgan fingerprint density at radius 3 is 2.24 bits per heavy atom. The van der Waals surface area contributed by atoms with E-state index in [1.807, 2.05) is 12.1 Å². The molecule has 1 amide bonds. The summed E-state index contributed by atoms with van der Waals surface area (Å²) in [7, 11) is 1.55. The van der Waals surface area contributed by atoms with E-state index in [0.29, 0.717) is 38.5 Å². The molecule has 0 unspecified atom stereocenters. The third-order valence-electron chi connectivity index (χ3n) is 9.53. The molecular formula is C40H43Cl2F2N3O8. The van der Waals surface area contributed by atoms with Crippen molar-refractivity contribution in [3.8, 4) is 17.2 Å². The van der Waals surface area contributed by atoms with E-state index >= 15 is 0 Å². The highest BCUT2D eigenvalue weighted by Gasteiger charge is 2.38. The number of aromatic nitrogens is 1. The van der Waals surface area contributed by atoms with E-state index in [9.17, 15) is 18.4 Å². The summed E-state index contributed by atoms with van der Waals surface area (Å²) < 4.78 is 54.7. The molecule has 0 spiro atoms. The number of anilines is 1. The average Bonchev–Trinajstić information content (AvgIpc) is 3.16. The lowest BCUT2D eigenvalue weighted by molar-refractivity contribution is -0.377. The fraction of sp³-hybridized carbons (Fsp3) is 0.375. The molecule has 3 fully saturated rings. The summed E-state index contributed by atoms with van der Waals surface area (Å²) in [5, 5.41) is 0.631. The van der Waals surface area contributed by atoms with Crippen LogP contribution in [0.1, 0.15) is 59.8 Å². The van der Waals surface area contributed by atoms with E-state index in [-0.39, 0.29) is 47.7 Å². The van der Waals surface area contributed by atoms with Gasteiger partial charge in [-0.2, -0.15) is 8.78 Å². The van der Waals surface area contributed by atoms with Crippen molar-refractivity contribution < 1.29 is 52.5 Å². The number of carbonyl (C=O) groups is 2. The van der Waals surface area contributed by atoms with Gasteiger partial charge in [-0.3, -0.25) is 9.80 Å². The molecule has 4 aromatic rings. The van der Waals surface area contributed by atoms with Crippen LogP contribution in [0.15, 0.2) is 79.1 Å². The Hall–Kier alpha value is -4.69. The van der Waals surface area contributed by atoms with Crippen molar-refractivity contribution in [2.45, 2.75) is 64.6 Å². The van der Waals surface area contributed by atoms with Crippen LogP contribution in [0.2, 0.25) is 10.0 Å². The molecule has 2 N–H and O–H groups in total. The number of piperidine rings is 3. The van der Waals surface area contributed by atoms with Gasteiger partial charge in [-0.1, -0.05) is 53.5 Å². The Labute approximate surface area is 328 Å². The Kier molecular flexibility index (Phi) is 14.2. The Morgan fingerprint density at radius 2 is 1.62 bits per heavy atom. The van der Waals surface area contributed by atoms with E-state index in [4.69, 9.17) is 42.1 Å². The molecular weight excluding hydrogens is 759 g/mol. The molecule has 0 radical (unpaired) electrons. The molecule has 2 atom stereocenters. The van der Waals surface area contributed by atoms with Crippen LogP contribution in [0.4, 0.5) is 19.3 Å². The van der Waals surface area contributed by atoms with Gasteiger partial charge in [0.1, 0.15) is 28.0 Å². The zero-order valence-corrected chi connectivity index (χ0v) is 32.1. The number of methoxy groups -OCH3 is 1. The quantitative estimate of drug-likeness (QED) is 0.115. The van der Waals surface area contributed by atoms with Gasteiger partial charge in [0.05, 0.1) is 31.0 Å². The van der Waals surface area contributed by atoms with E-state index in [1.54, 1.807) is 74.6 Å². The van der Waals surface area contributed by atoms with Crippen molar-refractivity contribution in [1.82, 2.24) is 4.90 Å². The smallest absolute Gasteiger partial charge is 0.415 e. The SMILES string of the molecule is COc1ccccc1N(Cc1ccc(C(=O)O[C@@H](Cc2c(Cl)c[nH+]cc2Cl)c2ccc(OC(F)F)c(OC(C)C)c2)cc1)C(=O)O[C@H]1CN2CCC1CC2.[OH-]. The molecule has 4 heterocycles. The van der Waals surface area contributed by atoms with Crippen LogP contribution in [0.5, 0.6) is 17.2 Å². The largest absolute Gasteiger partial charge is 0.870 e. The van der Waals surface area contributed by atoms with Crippen LogP contribution in [-0.2, 0) is 22.4 Å². The molecule has 3 aliphatic heterocycles. The first-order valence-electron chi connectivity index (χ1n) is 17.7. The van der Waals surface area contributed by atoms with Gasteiger partial charge in [0.2, 0.25) is 0 Å². The summed E-state index contributed by atoms with van der Waals surface area (Å²) in [5.74, 6) is 0.0746. The Bertz CT molecular complexity index is 1910. The maximum atomic E-state index is 13.8. The van der Waals surface area contributed by atoms with Gasteiger partial charge >= 0.3 is 18.7 Å². The summed E-state index contributed by atoms with van der Waals surface area (Å²) in [5.41, 5.74) is 2.46. The standard InChI is InChI=1S/C40H41Cl2F2N3O7.H2O/c1-24(2)51-36-18-28(12-13-34(36)53-39(43)44)35(19-29-30(41)20-45-21-31(29)42)52-38(48)27-10-8-25(9-11-27)22-47(32-6-4-5-7-33(32)50-3)40(49)54-37-23-46-16-14-26(37)15-17-46;/h4-13,18,20-21,24,26,35,37,39H,14-17,19,22-23H2,1-3H3;1H2/t35-,37-;/m0./s1. The number of benzene rings is 3. The summed E-state index contributed by atoms with van der Waals surface area (Å²) >= 11 is 13.0. The molecule has 0 saturated carbocycles. The fourth-order valence-electron chi connectivity index (χ4n) is 6.81. The minimum absolute atomic E-state index is 0. The lowest BCUT2D eigenvalue weighted by atomic mass is 9.86. The minimum Gasteiger partial charge on any atom is -0.870 e. The topological polar surface area (TPSA) is 131 Å². The molecule has 294 valence electrons. The number of para-hydroxylation sites is 2. The first-order valence-corrected chi connectivity index (χ1v) is 18.5. The lowest BCUT2D eigenvalue weighted by Crippen LogP contribution is -2.53. The number of alkyl halides is 2. The number of carbonyl (C=O) groups excluding carboxylic acids is 2. The van der Waals surface area contributed by atoms with E-state index in [0.717, 1.165) is 38.0 Å². The van der Waals surface area contributed by atoms with Gasteiger partial charge in [-0.15, -0.1) is 0 Å². The molecule has 55 heavy (non-hydrogen) atoms. The van der Waals surface area contributed by atoms with E-state index in [2.05, 4.69) is 14.6 Å². The predicted octanol–water partition coefficient (Wildman–Crippen LogP) is 8.41. The van der Waals surface area contributed by atoms with Crippen molar-refractivity contribution in [2.24, 2.45) is 5.92 Å². The summed E-state index contributed by atoms with van der Waals surface area (Å²) in [6.45, 7) is 3.33. The molecule has 15 heteroatoms. The summed E-state index contributed by atoms with van der Waals surface area (Å²) in [6.07, 6.45) is 3.15. The fourth-order valence-corrected chi connectivity index (χ4v) is 7.35. The highest BCUT2D eigenvalue weighted by Crippen LogP contribution is 2.37. The number of H-pyrrole nitrogens is 1. The Morgan fingerprint density at radius 1 is 0.927 bits per heavy atom. The molecule has 3 saturated heterocycles. The first-order chi connectivity index (χ1) is 26.0. The number of aromatic amines is 1. The van der Waals surface area contributed by atoms with Crippen LogP contribution in [-0.4, -0.2) is 68.0 Å². The van der Waals surface area contributed by atoms with Crippen molar-refractivity contribution >= 4 is 41.0 Å². The monoisotopic (exact) mass is 801 g/mol. The molecule has 11 nitrogen and oxygen atoms in total. The number of esters is 1.